The molecule has 2 aromatic carbocycles. The van der Waals surface area contributed by atoms with E-state index in [0.29, 0.717) is 48.1 Å². The van der Waals surface area contributed by atoms with Crippen molar-refractivity contribution in [3.63, 3.8) is 0 Å². The second-order valence-electron chi connectivity index (χ2n) is 14.2. The van der Waals surface area contributed by atoms with Crippen molar-refractivity contribution in [2.75, 3.05) is 47.1 Å². The van der Waals surface area contributed by atoms with Crippen molar-refractivity contribution in [1.82, 2.24) is 54.1 Å². The van der Waals surface area contributed by atoms with Gasteiger partial charge in [0.1, 0.15) is 34.2 Å². The zero-order valence-electron chi connectivity index (χ0n) is 34.0. The van der Waals surface area contributed by atoms with Crippen molar-refractivity contribution < 1.29 is 19.1 Å². The number of hydrogen-bond acceptors (Lipinski definition) is 11. The number of nitrogens with two attached hydrogens (primary N) is 1. The van der Waals surface area contributed by atoms with E-state index in [2.05, 4.69) is 40.3 Å². The largest absolute Gasteiger partial charge is 0.497 e. The molecule has 60 heavy (non-hydrogen) atoms. The maximum Gasteiger partial charge on any atom is 0.274 e. The number of likely N-dealkylation sites (N-methyl/N-ethyl adjacent to an activating group) is 1. The van der Waals surface area contributed by atoms with Crippen LogP contribution in [0.4, 0.5) is 5.95 Å². The van der Waals surface area contributed by atoms with Gasteiger partial charge >= 0.3 is 0 Å². The van der Waals surface area contributed by atoms with Crippen LogP contribution in [0.3, 0.4) is 0 Å². The molecule has 0 radical (unpaired) electrons. The highest BCUT2D eigenvalue weighted by atomic mass is 16.5. The summed E-state index contributed by atoms with van der Waals surface area (Å²) in [5.41, 5.74) is 14.0. The number of aromatic amines is 1. The zero-order chi connectivity index (χ0) is 42.2. The normalized spacial score (nSPS) is 11.0. The molecular weight excluding hydrogens is 761 g/mol. The van der Waals surface area contributed by atoms with Crippen molar-refractivity contribution in [1.29, 1.82) is 0 Å². The number of nitrogen functional groups attached to an aromatic ring is 1. The Bertz CT molecular complexity index is 2740. The number of carbonyl (C=O) groups excluding carboxylic acids is 2. The average Bonchev–Trinajstić information content (AvgIpc) is 4.03. The third-order valence-electron chi connectivity index (χ3n) is 9.69. The monoisotopic (exact) mass is 806 g/mol. The molecule has 0 fully saturated rings. The van der Waals surface area contributed by atoms with Gasteiger partial charge in [-0.25, -0.2) is 19.9 Å². The maximum atomic E-state index is 13.4. The Kier molecular flexibility index (Phi) is 12.4. The van der Waals surface area contributed by atoms with Crippen molar-refractivity contribution in [3.8, 4) is 33.9 Å². The minimum absolute atomic E-state index is 0.0989. The molecule has 6 heterocycles. The van der Waals surface area contributed by atoms with E-state index in [4.69, 9.17) is 15.2 Å². The summed E-state index contributed by atoms with van der Waals surface area (Å²) >= 11 is 0. The number of amides is 2. The molecule has 0 saturated carbocycles. The Morgan fingerprint density at radius 3 is 2.32 bits per heavy atom. The number of H-pyrrole nitrogens is 1. The summed E-state index contributed by atoms with van der Waals surface area (Å²) in [6.45, 7) is 4.03. The first-order chi connectivity index (χ1) is 29.1. The van der Waals surface area contributed by atoms with Gasteiger partial charge in [0.2, 0.25) is 5.95 Å². The van der Waals surface area contributed by atoms with Gasteiger partial charge in [-0.05, 0) is 92.3 Å². The fourth-order valence-electron chi connectivity index (χ4n) is 6.57. The summed E-state index contributed by atoms with van der Waals surface area (Å²) < 4.78 is 14.2. The average molecular weight is 807 g/mol. The van der Waals surface area contributed by atoms with Crippen LogP contribution in [0.2, 0.25) is 0 Å². The number of benzene rings is 2. The van der Waals surface area contributed by atoms with Crippen LogP contribution < -0.4 is 20.5 Å². The number of ether oxygens (including phenoxy) is 2. The van der Waals surface area contributed by atoms with Crippen LogP contribution in [0.5, 0.6) is 11.5 Å². The van der Waals surface area contributed by atoms with Crippen molar-refractivity contribution in [2.24, 2.45) is 0 Å². The molecule has 2 amide bonds. The Balaban J connectivity index is 0.000000182. The van der Waals surface area contributed by atoms with Gasteiger partial charge in [-0.2, -0.15) is 5.10 Å². The quantitative estimate of drug-likeness (QED) is 0.133. The molecule has 8 aromatic rings. The predicted octanol–water partition coefficient (Wildman–Crippen LogP) is 5.56. The number of carbonyl (C=O) groups is 2. The minimum atomic E-state index is -0.211. The Labute approximate surface area is 346 Å². The van der Waals surface area contributed by atoms with E-state index in [1.54, 1.807) is 43.3 Å². The van der Waals surface area contributed by atoms with E-state index >= 15 is 0 Å². The topological polar surface area (TPSA) is 186 Å². The van der Waals surface area contributed by atoms with Crippen LogP contribution in [0.25, 0.3) is 33.7 Å². The molecule has 0 aliphatic carbocycles. The lowest BCUT2D eigenvalue weighted by Gasteiger charge is -2.24. The first-order valence-corrected chi connectivity index (χ1v) is 19.1. The fourth-order valence-corrected chi connectivity index (χ4v) is 6.57. The Morgan fingerprint density at radius 1 is 0.833 bits per heavy atom. The molecule has 6 aromatic heterocycles. The second kappa shape index (κ2) is 18.3. The van der Waals surface area contributed by atoms with Gasteiger partial charge in [0.05, 0.1) is 31.8 Å². The van der Waals surface area contributed by atoms with Crippen LogP contribution >= 0.6 is 0 Å². The molecular formula is C44H46N12O4. The summed E-state index contributed by atoms with van der Waals surface area (Å²) in [6.07, 6.45) is 10.7. The number of methoxy groups -OCH3 is 2. The van der Waals surface area contributed by atoms with Gasteiger partial charge < -0.3 is 34.7 Å². The smallest absolute Gasteiger partial charge is 0.274 e. The van der Waals surface area contributed by atoms with Gasteiger partial charge in [-0.1, -0.05) is 24.3 Å². The highest BCUT2D eigenvalue weighted by molar-refractivity contribution is 5.95. The number of aryl methyl sites for hydroxylation is 1. The number of aromatic nitrogens is 8. The van der Waals surface area contributed by atoms with Crippen LogP contribution in [-0.4, -0.2) is 102 Å². The number of fused-ring (bicyclic) bond motifs is 2. The lowest BCUT2D eigenvalue weighted by molar-refractivity contribution is 0.0726. The predicted molar refractivity (Wildman–Crippen MR) is 229 cm³/mol. The molecule has 0 unspecified atom stereocenters. The molecule has 4 N–H and O–H groups in total. The van der Waals surface area contributed by atoms with E-state index in [0.717, 1.165) is 51.5 Å². The number of nitrogens with one attached hydrogen (secondary N) is 2. The maximum absolute atomic E-state index is 13.4. The molecule has 0 bridgehead atoms. The van der Waals surface area contributed by atoms with Crippen molar-refractivity contribution in [2.45, 2.75) is 20.0 Å². The number of nitrogens with zero attached hydrogens (tertiary/aromatic N) is 9. The lowest BCUT2D eigenvalue weighted by atomic mass is 10.1. The molecule has 0 aliphatic rings. The summed E-state index contributed by atoms with van der Waals surface area (Å²) in [5.74, 6) is 1.41. The van der Waals surface area contributed by atoms with Gasteiger partial charge in [-0.3, -0.25) is 19.1 Å². The number of rotatable bonds is 13. The summed E-state index contributed by atoms with van der Waals surface area (Å²) in [6, 6.07) is 24.8. The van der Waals surface area contributed by atoms with E-state index in [-0.39, 0.29) is 17.8 Å². The molecule has 8 rings (SSSR count). The first-order valence-electron chi connectivity index (χ1n) is 19.1. The first kappa shape index (κ1) is 40.6. The Hall–Kier alpha value is -7.59. The SMILES string of the molecule is COc1cccc(CN(CCN(C)C)C(=O)c2cn3ccc(-c4cn[nH]c4)cc3n2)c1.COc1cccc(CNC(=O)c2c(C)nc3ccc(-c4ccnc(N)n4)cn23)c1. The molecule has 16 nitrogen and oxygen atoms in total. The molecule has 16 heteroatoms. The molecule has 0 saturated heterocycles. The number of anilines is 1. The third kappa shape index (κ3) is 9.57. The third-order valence-corrected chi connectivity index (χ3v) is 9.69. The second-order valence-corrected chi connectivity index (χ2v) is 14.2. The number of imidazole rings is 2. The molecule has 0 atom stereocenters. The summed E-state index contributed by atoms with van der Waals surface area (Å²) in [5, 5.41) is 9.77. The van der Waals surface area contributed by atoms with E-state index in [1.165, 1.54) is 0 Å². The van der Waals surface area contributed by atoms with Crippen LogP contribution in [0.1, 0.15) is 37.8 Å². The molecule has 306 valence electrons. The highest BCUT2D eigenvalue weighted by Crippen LogP contribution is 2.23. The standard InChI is InChI=1S/C23H26N6O2.C21H20N6O2/c1-27(2)9-10-29(15-17-5-4-6-20(11-17)31-3)23(30)21-16-28-8-7-18(12-22(28)26-21)19-13-24-25-14-19;1-13-19(20(28)24-11-14-4-3-5-16(10-14)29-2)27-12-15(6-7-18(27)25-13)17-8-9-23-21(22)26-17/h4-8,11-14,16H,9-10,15H2,1-3H3,(H,24,25);3-10,12H,11H2,1-2H3,(H,24,28)(H2,22,23,26). The number of hydrogen-bond donors (Lipinski definition) is 3. The minimum Gasteiger partial charge on any atom is -0.497 e. The van der Waals surface area contributed by atoms with Crippen molar-refractivity contribution in [3.05, 3.63) is 144 Å². The van der Waals surface area contributed by atoms with Crippen LogP contribution in [0.15, 0.2) is 116 Å². The zero-order valence-corrected chi connectivity index (χ0v) is 34.0. The highest BCUT2D eigenvalue weighted by Gasteiger charge is 2.21. The number of pyridine rings is 2. The fraction of sp³-hybridized carbons (Fsp3) is 0.205. The Morgan fingerprint density at radius 2 is 1.60 bits per heavy atom. The summed E-state index contributed by atoms with van der Waals surface area (Å²) in [4.78, 5) is 47.5. The van der Waals surface area contributed by atoms with E-state index in [1.807, 2.05) is 122 Å². The van der Waals surface area contributed by atoms with Crippen LogP contribution in [0, 0.1) is 6.92 Å². The lowest BCUT2D eigenvalue weighted by Crippen LogP contribution is -2.36. The van der Waals surface area contributed by atoms with Gasteiger partial charge in [0.15, 0.2) is 0 Å². The van der Waals surface area contributed by atoms with Gasteiger partial charge in [0.25, 0.3) is 11.8 Å². The van der Waals surface area contributed by atoms with Crippen LogP contribution in [-0.2, 0) is 13.1 Å². The summed E-state index contributed by atoms with van der Waals surface area (Å²) in [7, 11) is 7.25. The van der Waals surface area contributed by atoms with E-state index in [9.17, 15) is 9.59 Å². The van der Waals surface area contributed by atoms with Crippen molar-refractivity contribution >= 4 is 29.1 Å². The molecule has 0 spiro atoms. The molecule has 0 aliphatic heterocycles. The van der Waals surface area contributed by atoms with Gasteiger partial charge in [-0.15, -0.1) is 0 Å². The van der Waals surface area contributed by atoms with Gasteiger partial charge in [0, 0.05) is 68.3 Å². The van der Waals surface area contributed by atoms with E-state index < -0.39 is 0 Å².